The molecule has 1 heterocycles. The minimum absolute atomic E-state index is 0.127. The largest absolute Gasteiger partial charge is 0.478 e. The molecule has 2 rings (SSSR count). The van der Waals surface area contributed by atoms with Gasteiger partial charge in [-0.1, -0.05) is 6.07 Å². The number of carbonyl (C=O) groups excluding carboxylic acids is 1. The van der Waals surface area contributed by atoms with E-state index in [1.54, 1.807) is 6.92 Å². The van der Waals surface area contributed by atoms with Crippen molar-refractivity contribution in [2.75, 3.05) is 5.32 Å². The highest BCUT2D eigenvalue weighted by Crippen LogP contribution is 2.21. The van der Waals surface area contributed by atoms with Crippen LogP contribution in [-0.2, 0) is 0 Å². The van der Waals surface area contributed by atoms with Gasteiger partial charge in [0.2, 0.25) is 0 Å². The van der Waals surface area contributed by atoms with Crippen LogP contribution in [0.2, 0.25) is 0 Å². The van der Waals surface area contributed by atoms with Crippen molar-refractivity contribution in [2.45, 2.75) is 6.92 Å². The predicted molar refractivity (Wildman–Crippen MR) is 68.2 cm³/mol. The molecule has 98 valence electrons. The van der Waals surface area contributed by atoms with Crippen LogP contribution >= 0.6 is 11.3 Å². The number of halogens is 1. The number of aryl methyl sites for hydroxylation is 1. The van der Waals surface area contributed by atoms with Crippen molar-refractivity contribution in [1.82, 2.24) is 4.98 Å². The van der Waals surface area contributed by atoms with Crippen LogP contribution in [0.3, 0.4) is 0 Å². The molecule has 0 bridgehead atoms. The number of hydrogen-bond donors (Lipinski definition) is 2. The SMILES string of the molecule is Cc1nc(C(=O)Nc2c(F)cccc2C(=O)O)cs1. The van der Waals surface area contributed by atoms with Crippen molar-refractivity contribution < 1.29 is 19.1 Å². The van der Waals surface area contributed by atoms with Crippen molar-refractivity contribution in [2.24, 2.45) is 0 Å². The first-order chi connectivity index (χ1) is 8.99. The Hall–Kier alpha value is -2.28. The van der Waals surface area contributed by atoms with E-state index in [0.717, 1.165) is 6.07 Å². The van der Waals surface area contributed by atoms with E-state index < -0.39 is 17.7 Å². The summed E-state index contributed by atoms with van der Waals surface area (Å²) in [5, 5.41) is 13.4. The van der Waals surface area contributed by atoms with E-state index in [1.807, 2.05) is 0 Å². The topological polar surface area (TPSA) is 79.3 Å². The second-order valence-electron chi connectivity index (χ2n) is 3.67. The third kappa shape index (κ3) is 2.76. The van der Waals surface area contributed by atoms with Gasteiger partial charge < -0.3 is 10.4 Å². The highest BCUT2D eigenvalue weighted by molar-refractivity contribution is 7.09. The third-order valence-electron chi connectivity index (χ3n) is 2.33. The van der Waals surface area contributed by atoms with E-state index in [-0.39, 0.29) is 16.9 Å². The number of anilines is 1. The third-order valence-corrected chi connectivity index (χ3v) is 3.11. The number of aromatic carboxylic acids is 1. The number of hydrogen-bond acceptors (Lipinski definition) is 4. The first-order valence-electron chi connectivity index (χ1n) is 5.24. The van der Waals surface area contributed by atoms with Gasteiger partial charge in [0.15, 0.2) is 0 Å². The Morgan fingerprint density at radius 3 is 2.74 bits per heavy atom. The van der Waals surface area contributed by atoms with Crippen LogP contribution in [0.15, 0.2) is 23.6 Å². The average Bonchev–Trinajstić information content (AvgIpc) is 2.78. The predicted octanol–water partition coefficient (Wildman–Crippen LogP) is 2.54. The van der Waals surface area contributed by atoms with Crippen LogP contribution in [0.1, 0.15) is 25.9 Å². The number of rotatable bonds is 3. The van der Waals surface area contributed by atoms with Crippen LogP contribution in [-0.4, -0.2) is 22.0 Å². The Kier molecular flexibility index (Phi) is 3.57. The van der Waals surface area contributed by atoms with Crippen LogP contribution in [0, 0.1) is 12.7 Å². The zero-order valence-corrected chi connectivity index (χ0v) is 10.6. The fourth-order valence-corrected chi connectivity index (χ4v) is 2.07. The number of carbonyl (C=O) groups is 2. The molecule has 0 aliphatic carbocycles. The first-order valence-corrected chi connectivity index (χ1v) is 6.12. The second kappa shape index (κ2) is 5.15. The zero-order chi connectivity index (χ0) is 14.0. The summed E-state index contributed by atoms with van der Waals surface area (Å²) in [7, 11) is 0. The Morgan fingerprint density at radius 2 is 2.16 bits per heavy atom. The maximum absolute atomic E-state index is 13.6. The Labute approximate surface area is 111 Å². The van der Waals surface area contributed by atoms with Gasteiger partial charge in [-0.3, -0.25) is 4.79 Å². The van der Waals surface area contributed by atoms with Crippen molar-refractivity contribution in [3.63, 3.8) is 0 Å². The van der Waals surface area contributed by atoms with Crippen LogP contribution in [0.25, 0.3) is 0 Å². The van der Waals surface area contributed by atoms with E-state index in [2.05, 4.69) is 10.3 Å². The molecule has 0 saturated heterocycles. The molecule has 0 unspecified atom stereocenters. The van der Waals surface area contributed by atoms with Gasteiger partial charge in [0, 0.05) is 5.38 Å². The lowest BCUT2D eigenvalue weighted by Crippen LogP contribution is -2.16. The molecule has 0 fully saturated rings. The van der Waals surface area contributed by atoms with E-state index in [0.29, 0.717) is 5.01 Å². The normalized spacial score (nSPS) is 10.2. The summed E-state index contributed by atoms with van der Waals surface area (Å²) in [6.07, 6.45) is 0. The number of amides is 1. The lowest BCUT2D eigenvalue weighted by Gasteiger charge is -2.08. The van der Waals surface area contributed by atoms with E-state index in [9.17, 15) is 14.0 Å². The van der Waals surface area contributed by atoms with E-state index >= 15 is 0 Å². The molecular formula is C12H9FN2O3S. The van der Waals surface area contributed by atoms with E-state index in [4.69, 9.17) is 5.11 Å². The highest BCUT2D eigenvalue weighted by Gasteiger charge is 2.18. The fourth-order valence-electron chi connectivity index (χ4n) is 1.47. The van der Waals surface area contributed by atoms with Crippen molar-refractivity contribution >= 4 is 28.9 Å². The molecule has 0 saturated carbocycles. The minimum Gasteiger partial charge on any atom is -0.478 e. The minimum atomic E-state index is -1.32. The number of nitrogens with one attached hydrogen (secondary N) is 1. The smallest absolute Gasteiger partial charge is 0.337 e. The average molecular weight is 280 g/mol. The molecule has 2 aromatic rings. The quantitative estimate of drug-likeness (QED) is 0.905. The summed E-state index contributed by atoms with van der Waals surface area (Å²) in [4.78, 5) is 26.7. The molecule has 7 heteroatoms. The van der Waals surface area contributed by atoms with Gasteiger partial charge in [0.05, 0.1) is 16.3 Å². The maximum atomic E-state index is 13.6. The molecule has 2 N–H and O–H groups in total. The fraction of sp³-hybridized carbons (Fsp3) is 0.0833. The highest BCUT2D eigenvalue weighted by atomic mass is 32.1. The molecule has 1 aromatic heterocycles. The molecule has 0 spiro atoms. The number of para-hydroxylation sites is 1. The number of aromatic nitrogens is 1. The molecule has 1 amide bonds. The number of nitrogens with zero attached hydrogens (tertiary/aromatic N) is 1. The van der Waals surface area contributed by atoms with Gasteiger partial charge in [-0.05, 0) is 19.1 Å². The first kappa shape index (κ1) is 13.2. The number of thiazole rings is 1. The molecule has 0 aliphatic heterocycles. The Bertz CT molecular complexity index is 654. The standard InChI is InChI=1S/C12H9FN2O3S/c1-6-14-9(5-19-6)11(16)15-10-7(12(17)18)3-2-4-8(10)13/h2-5H,1H3,(H,15,16)(H,17,18). The van der Waals surface area contributed by atoms with Crippen molar-refractivity contribution in [1.29, 1.82) is 0 Å². The van der Waals surface area contributed by atoms with Gasteiger partial charge in [-0.25, -0.2) is 14.2 Å². The molecule has 0 aliphatic rings. The lowest BCUT2D eigenvalue weighted by molar-refractivity contribution is 0.0697. The maximum Gasteiger partial charge on any atom is 0.337 e. The lowest BCUT2D eigenvalue weighted by atomic mass is 10.1. The van der Waals surface area contributed by atoms with Crippen LogP contribution < -0.4 is 5.32 Å². The van der Waals surface area contributed by atoms with E-state index in [1.165, 1.54) is 28.8 Å². The molecule has 0 radical (unpaired) electrons. The number of carboxylic acids is 1. The van der Waals surface area contributed by atoms with Gasteiger partial charge in [0.25, 0.3) is 5.91 Å². The van der Waals surface area contributed by atoms with Crippen molar-refractivity contribution in [3.05, 3.63) is 45.7 Å². The van der Waals surface area contributed by atoms with Gasteiger partial charge in [0.1, 0.15) is 11.5 Å². The van der Waals surface area contributed by atoms with Gasteiger partial charge >= 0.3 is 5.97 Å². The Morgan fingerprint density at radius 1 is 1.42 bits per heavy atom. The molecule has 5 nitrogen and oxygen atoms in total. The molecule has 1 aromatic carbocycles. The van der Waals surface area contributed by atoms with Gasteiger partial charge in [-0.15, -0.1) is 11.3 Å². The number of benzene rings is 1. The summed E-state index contributed by atoms with van der Waals surface area (Å²) >= 11 is 1.28. The summed E-state index contributed by atoms with van der Waals surface area (Å²) in [6, 6.07) is 3.56. The van der Waals surface area contributed by atoms with Gasteiger partial charge in [-0.2, -0.15) is 0 Å². The summed E-state index contributed by atoms with van der Waals surface area (Å²) < 4.78 is 13.6. The molecule has 0 atom stereocenters. The summed E-state index contributed by atoms with van der Waals surface area (Å²) in [5.74, 6) is -2.76. The zero-order valence-electron chi connectivity index (χ0n) is 9.81. The molecule has 19 heavy (non-hydrogen) atoms. The molecular weight excluding hydrogens is 271 g/mol. The second-order valence-corrected chi connectivity index (χ2v) is 4.74. The number of carboxylic acid groups (broad SMARTS) is 1. The summed E-state index contributed by atoms with van der Waals surface area (Å²) in [5.41, 5.74) is -0.534. The van der Waals surface area contributed by atoms with Crippen LogP contribution in [0.5, 0.6) is 0 Å². The monoisotopic (exact) mass is 280 g/mol. The van der Waals surface area contributed by atoms with Crippen LogP contribution in [0.4, 0.5) is 10.1 Å². The summed E-state index contributed by atoms with van der Waals surface area (Å²) in [6.45, 7) is 1.73. The Balaban J connectivity index is 2.33. The van der Waals surface area contributed by atoms with Crippen molar-refractivity contribution in [3.8, 4) is 0 Å².